The molecule has 1 aliphatic heterocycles. The number of imide groups is 2. The Balaban J connectivity index is 1.90. The monoisotopic (exact) mass is 302 g/mol. The number of hydrogen-bond acceptors (Lipinski definition) is 5. The second kappa shape index (κ2) is 5.37. The first-order chi connectivity index (χ1) is 10.1. The molecule has 1 fully saturated rings. The van der Waals surface area contributed by atoms with E-state index >= 15 is 0 Å². The number of nitrogens with one attached hydrogen (secondary N) is 1. The highest BCUT2D eigenvalue weighted by Crippen LogP contribution is 2.19. The summed E-state index contributed by atoms with van der Waals surface area (Å²) in [6, 6.07) is 6.17. The van der Waals surface area contributed by atoms with Gasteiger partial charge >= 0.3 is 6.03 Å². The lowest BCUT2D eigenvalue weighted by molar-refractivity contribution is -0.130. The smallest absolute Gasteiger partial charge is 0.331 e. The zero-order valence-electron chi connectivity index (χ0n) is 10.7. The highest BCUT2D eigenvalue weighted by Gasteiger charge is 2.36. The summed E-state index contributed by atoms with van der Waals surface area (Å²) in [5, 5.41) is 3.99. The van der Waals surface area contributed by atoms with Crippen LogP contribution in [0.4, 0.5) is 4.79 Å². The van der Waals surface area contributed by atoms with Gasteiger partial charge in [-0.2, -0.15) is 0 Å². The summed E-state index contributed by atoms with van der Waals surface area (Å²) in [6.07, 6.45) is 2.93. The molecular formula is C14H10N2O4S. The molecule has 21 heavy (non-hydrogen) atoms. The van der Waals surface area contributed by atoms with Gasteiger partial charge in [-0.05, 0) is 29.7 Å². The second-order valence-corrected chi connectivity index (χ2v) is 5.28. The molecule has 1 N–H and O–H groups in total. The topological polar surface area (TPSA) is 79.6 Å². The number of amides is 4. The van der Waals surface area contributed by atoms with Crippen molar-refractivity contribution in [1.82, 2.24) is 10.2 Å². The first-order valence-corrected chi connectivity index (χ1v) is 6.98. The van der Waals surface area contributed by atoms with Crippen molar-refractivity contribution in [2.75, 3.05) is 0 Å². The lowest BCUT2D eigenvalue weighted by atomic mass is 10.1. The van der Waals surface area contributed by atoms with Gasteiger partial charge in [0, 0.05) is 4.88 Å². The number of barbiturate groups is 1. The van der Waals surface area contributed by atoms with Crippen LogP contribution in [0.25, 0.3) is 6.08 Å². The third-order valence-electron chi connectivity index (χ3n) is 2.91. The van der Waals surface area contributed by atoms with E-state index in [1.54, 1.807) is 18.2 Å². The third-order valence-corrected chi connectivity index (χ3v) is 3.73. The number of thiophene rings is 1. The average molecular weight is 302 g/mol. The highest BCUT2D eigenvalue weighted by atomic mass is 32.1. The van der Waals surface area contributed by atoms with Crippen molar-refractivity contribution in [1.29, 1.82) is 0 Å². The van der Waals surface area contributed by atoms with Crippen molar-refractivity contribution >= 4 is 35.3 Å². The number of carbonyl (C=O) groups is 3. The van der Waals surface area contributed by atoms with Gasteiger partial charge in [-0.1, -0.05) is 6.07 Å². The Morgan fingerprint density at radius 2 is 2.10 bits per heavy atom. The van der Waals surface area contributed by atoms with E-state index in [1.807, 2.05) is 11.4 Å². The van der Waals surface area contributed by atoms with E-state index in [9.17, 15) is 14.4 Å². The van der Waals surface area contributed by atoms with E-state index in [2.05, 4.69) is 5.32 Å². The molecule has 1 saturated heterocycles. The van der Waals surface area contributed by atoms with Crippen molar-refractivity contribution in [3.05, 3.63) is 52.1 Å². The standard InChI is InChI=1S/C14H10N2O4S/c17-12-11(7-10-4-2-6-21-10)13(18)16(14(19)15-12)8-9-3-1-5-20-9/h1-7H,8H2,(H,15,17,19)/b11-7-. The third kappa shape index (κ3) is 2.63. The quantitative estimate of drug-likeness (QED) is 0.694. The molecule has 3 heterocycles. The minimum Gasteiger partial charge on any atom is -0.467 e. The van der Waals surface area contributed by atoms with Gasteiger partial charge in [-0.3, -0.25) is 19.8 Å². The molecule has 1 aliphatic rings. The van der Waals surface area contributed by atoms with E-state index < -0.39 is 17.8 Å². The lowest BCUT2D eigenvalue weighted by Crippen LogP contribution is -2.53. The first kappa shape index (κ1) is 13.3. The van der Waals surface area contributed by atoms with Crippen LogP contribution in [-0.4, -0.2) is 22.7 Å². The largest absolute Gasteiger partial charge is 0.467 e. The number of nitrogens with zero attached hydrogens (tertiary/aromatic N) is 1. The average Bonchev–Trinajstić information content (AvgIpc) is 3.13. The van der Waals surface area contributed by atoms with Crippen LogP contribution < -0.4 is 5.32 Å². The first-order valence-electron chi connectivity index (χ1n) is 6.10. The van der Waals surface area contributed by atoms with E-state index in [0.29, 0.717) is 5.76 Å². The van der Waals surface area contributed by atoms with Crippen LogP contribution in [0, 0.1) is 0 Å². The van der Waals surface area contributed by atoms with Gasteiger partial charge < -0.3 is 4.42 Å². The molecule has 0 atom stereocenters. The van der Waals surface area contributed by atoms with Crippen molar-refractivity contribution < 1.29 is 18.8 Å². The molecule has 0 aromatic carbocycles. The Hall–Kier alpha value is -2.67. The van der Waals surface area contributed by atoms with Crippen LogP contribution in [0.5, 0.6) is 0 Å². The van der Waals surface area contributed by atoms with Crippen molar-refractivity contribution in [2.24, 2.45) is 0 Å². The van der Waals surface area contributed by atoms with E-state index in [0.717, 1.165) is 9.78 Å². The van der Waals surface area contributed by atoms with Gasteiger partial charge in [-0.15, -0.1) is 11.3 Å². The number of rotatable bonds is 3. The number of carbonyl (C=O) groups excluding carboxylic acids is 3. The number of hydrogen-bond donors (Lipinski definition) is 1. The maximum Gasteiger partial charge on any atom is 0.331 e. The fourth-order valence-electron chi connectivity index (χ4n) is 1.91. The van der Waals surface area contributed by atoms with Crippen LogP contribution >= 0.6 is 11.3 Å². The number of urea groups is 1. The molecule has 0 spiro atoms. The van der Waals surface area contributed by atoms with Gasteiger partial charge in [0.25, 0.3) is 11.8 Å². The predicted molar refractivity (Wildman–Crippen MR) is 75.1 cm³/mol. The molecule has 2 aromatic heterocycles. The molecule has 2 aromatic rings. The van der Waals surface area contributed by atoms with E-state index in [1.165, 1.54) is 23.7 Å². The van der Waals surface area contributed by atoms with Gasteiger partial charge in [0.15, 0.2) is 0 Å². The maximum absolute atomic E-state index is 12.3. The summed E-state index contributed by atoms with van der Waals surface area (Å²) >= 11 is 1.40. The Kier molecular flexibility index (Phi) is 3.41. The van der Waals surface area contributed by atoms with Crippen LogP contribution in [0.15, 0.2) is 45.9 Å². The normalized spacial score (nSPS) is 17.4. The lowest BCUT2D eigenvalue weighted by Gasteiger charge is -2.25. The molecule has 0 unspecified atom stereocenters. The van der Waals surface area contributed by atoms with Crippen molar-refractivity contribution in [2.45, 2.75) is 6.54 Å². The maximum atomic E-state index is 12.3. The minimum absolute atomic E-state index is 0.0211. The van der Waals surface area contributed by atoms with Crippen LogP contribution in [0.1, 0.15) is 10.6 Å². The van der Waals surface area contributed by atoms with Gasteiger partial charge in [0.05, 0.1) is 12.8 Å². The van der Waals surface area contributed by atoms with Gasteiger partial charge in [0.1, 0.15) is 11.3 Å². The summed E-state index contributed by atoms with van der Waals surface area (Å²) in [6.45, 7) is -0.0211. The Labute approximate surface area is 123 Å². The molecule has 106 valence electrons. The zero-order chi connectivity index (χ0) is 14.8. The fourth-order valence-corrected chi connectivity index (χ4v) is 2.57. The summed E-state index contributed by atoms with van der Waals surface area (Å²) in [5.41, 5.74) is -0.0661. The Morgan fingerprint density at radius 3 is 2.76 bits per heavy atom. The Morgan fingerprint density at radius 1 is 1.24 bits per heavy atom. The Bertz CT molecular complexity index is 716. The molecule has 0 aliphatic carbocycles. The van der Waals surface area contributed by atoms with Gasteiger partial charge in [-0.25, -0.2) is 4.79 Å². The predicted octanol–water partition coefficient (Wildman–Crippen LogP) is 2.00. The second-order valence-electron chi connectivity index (χ2n) is 4.30. The minimum atomic E-state index is -0.746. The molecule has 0 saturated carbocycles. The molecular weight excluding hydrogens is 292 g/mol. The zero-order valence-corrected chi connectivity index (χ0v) is 11.6. The van der Waals surface area contributed by atoms with Crippen LogP contribution in [0.2, 0.25) is 0 Å². The molecule has 4 amide bonds. The fraction of sp³-hybridized carbons (Fsp3) is 0.0714. The van der Waals surface area contributed by atoms with E-state index in [4.69, 9.17) is 4.42 Å². The summed E-state index contributed by atoms with van der Waals surface area (Å²) in [5.74, 6) is -0.856. The molecule has 0 radical (unpaired) electrons. The SMILES string of the molecule is O=C1NC(=O)N(Cc2ccco2)C(=O)/C1=C\c1cccs1. The van der Waals surface area contributed by atoms with Crippen molar-refractivity contribution in [3.63, 3.8) is 0 Å². The molecule has 7 heteroatoms. The molecule has 3 rings (SSSR count). The summed E-state index contributed by atoms with van der Waals surface area (Å²) in [4.78, 5) is 37.7. The number of furan rings is 1. The molecule has 6 nitrogen and oxygen atoms in total. The highest BCUT2D eigenvalue weighted by molar-refractivity contribution is 7.10. The van der Waals surface area contributed by atoms with Crippen molar-refractivity contribution in [3.8, 4) is 0 Å². The van der Waals surface area contributed by atoms with E-state index in [-0.39, 0.29) is 12.1 Å². The van der Waals surface area contributed by atoms with Crippen LogP contribution in [-0.2, 0) is 16.1 Å². The summed E-state index contributed by atoms with van der Waals surface area (Å²) in [7, 11) is 0. The van der Waals surface area contributed by atoms with Gasteiger partial charge in [0.2, 0.25) is 0 Å². The molecule has 0 bridgehead atoms. The summed E-state index contributed by atoms with van der Waals surface area (Å²) < 4.78 is 5.12. The van der Waals surface area contributed by atoms with Crippen LogP contribution in [0.3, 0.4) is 0 Å².